The highest BCUT2D eigenvalue weighted by Gasteiger charge is 2.11. The average molecular weight is 350 g/mol. The Bertz CT molecular complexity index is 689. The zero-order valence-electron chi connectivity index (χ0n) is 12.1. The van der Waals surface area contributed by atoms with E-state index in [1.165, 1.54) is 13.2 Å². The Labute approximate surface area is 135 Å². The fourth-order valence-electron chi connectivity index (χ4n) is 1.98. The van der Waals surface area contributed by atoms with Gasteiger partial charge in [-0.05, 0) is 23.5 Å². The standard InChI is InChI=1S/C13H17ClFN3O3S/c1-20-11(10(14)2-4-15)3-5-16-12-17-6-8-21-9-7-18(17)13(19)22-12/h2-3H,4-9H2,1H3/b10-2+,11-3+,16-12?. The molecule has 0 radical (unpaired) electrons. The van der Waals surface area contributed by atoms with Crippen LogP contribution in [0.4, 0.5) is 4.39 Å². The highest BCUT2D eigenvalue weighted by atomic mass is 35.5. The normalized spacial score (nSPS) is 17.3. The van der Waals surface area contributed by atoms with Crippen LogP contribution in [0.2, 0.25) is 0 Å². The van der Waals surface area contributed by atoms with Gasteiger partial charge in [0.2, 0.25) is 4.80 Å². The summed E-state index contributed by atoms with van der Waals surface area (Å²) in [6.45, 7) is 1.79. The molecule has 0 atom stereocenters. The molecule has 0 unspecified atom stereocenters. The highest BCUT2D eigenvalue weighted by Crippen LogP contribution is 2.14. The molecule has 0 N–H and O–H groups in total. The lowest BCUT2D eigenvalue weighted by atomic mass is 10.4. The second-order valence-electron chi connectivity index (χ2n) is 4.33. The van der Waals surface area contributed by atoms with Crippen LogP contribution in [0.5, 0.6) is 0 Å². The maximum atomic E-state index is 12.2. The molecule has 22 heavy (non-hydrogen) atoms. The van der Waals surface area contributed by atoms with Crippen LogP contribution in [0.25, 0.3) is 0 Å². The van der Waals surface area contributed by atoms with E-state index < -0.39 is 6.67 Å². The van der Waals surface area contributed by atoms with Gasteiger partial charge in [0.1, 0.15) is 12.4 Å². The number of ether oxygens (including phenoxy) is 2. The van der Waals surface area contributed by atoms with Crippen molar-refractivity contribution in [1.29, 1.82) is 0 Å². The largest absolute Gasteiger partial charge is 0.495 e. The van der Waals surface area contributed by atoms with Crippen molar-refractivity contribution in [3.63, 3.8) is 0 Å². The Morgan fingerprint density at radius 3 is 2.86 bits per heavy atom. The van der Waals surface area contributed by atoms with E-state index in [0.29, 0.717) is 36.9 Å². The number of rotatable bonds is 5. The van der Waals surface area contributed by atoms with Gasteiger partial charge < -0.3 is 9.47 Å². The van der Waals surface area contributed by atoms with E-state index in [0.717, 1.165) is 11.3 Å². The fourth-order valence-corrected chi connectivity index (χ4v) is 3.08. The van der Waals surface area contributed by atoms with Crippen molar-refractivity contribution in [2.45, 2.75) is 13.1 Å². The first kappa shape index (κ1) is 17.0. The Balaban J connectivity index is 2.24. The van der Waals surface area contributed by atoms with Gasteiger partial charge in [0.15, 0.2) is 0 Å². The van der Waals surface area contributed by atoms with E-state index in [1.54, 1.807) is 10.8 Å². The van der Waals surface area contributed by atoms with Gasteiger partial charge in [0, 0.05) is 0 Å². The van der Waals surface area contributed by atoms with Gasteiger partial charge in [-0.25, -0.2) is 9.07 Å². The average Bonchev–Trinajstić information content (AvgIpc) is 2.69. The number of fused-ring (bicyclic) bond motifs is 1. The van der Waals surface area contributed by atoms with Crippen molar-refractivity contribution in [2.24, 2.45) is 4.99 Å². The van der Waals surface area contributed by atoms with E-state index in [4.69, 9.17) is 21.1 Å². The van der Waals surface area contributed by atoms with Gasteiger partial charge in [0.05, 0.1) is 45.0 Å². The molecule has 6 nitrogen and oxygen atoms in total. The zero-order valence-corrected chi connectivity index (χ0v) is 13.7. The van der Waals surface area contributed by atoms with Crippen molar-refractivity contribution in [3.8, 4) is 0 Å². The lowest BCUT2D eigenvalue weighted by molar-refractivity contribution is 0.137. The molecule has 1 aromatic heterocycles. The topological polar surface area (TPSA) is 57.8 Å². The summed E-state index contributed by atoms with van der Waals surface area (Å²) < 4.78 is 26.1. The number of methoxy groups -OCH3 is 1. The van der Waals surface area contributed by atoms with Crippen molar-refractivity contribution in [1.82, 2.24) is 9.36 Å². The maximum Gasteiger partial charge on any atom is 0.325 e. The van der Waals surface area contributed by atoms with Crippen LogP contribution in [0.15, 0.2) is 32.7 Å². The molecule has 0 aromatic carbocycles. The van der Waals surface area contributed by atoms with Crippen LogP contribution in [0, 0.1) is 0 Å². The van der Waals surface area contributed by atoms with E-state index >= 15 is 0 Å². The van der Waals surface area contributed by atoms with Crippen molar-refractivity contribution >= 4 is 22.9 Å². The molecule has 0 aliphatic carbocycles. The van der Waals surface area contributed by atoms with Crippen LogP contribution in [-0.2, 0) is 22.6 Å². The second-order valence-corrected chi connectivity index (χ2v) is 5.65. The fraction of sp³-hybridized carbons (Fsp3) is 0.538. The highest BCUT2D eigenvalue weighted by molar-refractivity contribution is 7.06. The summed E-state index contributed by atoms with van der Waals surface area (Å²) in [7, 11) is 1.45. The number of nitrogens with zero attached hydrogens (tertiary/aromatic N) is 3. The minimum Gasteiger partial charge on any atom is -0.495 e. The molecular formula is C13H17ClFN3O3S. The van der Waals surface area contributed by atoms with E-state index in [-0.39, 0.29) is 16.5 Å². The van der Waals surface area contributed by atoms with Crippen molar-refractivity contribution in [2.75, 3.05) is 33.5 Å². The Morgan fingerprint density at radius 1 is 1.45 bits per heavy atom. The zero-order chi connectivity index (χ0) is 15.9. The number of alkyl halides is 1. The summed E-state index contributed by atoms with van der Waals surface area (Å²) in [6, 6.07) is 0. The van der Waals surface area contributed by atoms with Gasteiger partial charge in [-0.3, -0.25) is 14.5 Å². The summed E-state index contributed by atoms with van der Waals surface area (Å²) in [5, 5.41) is 0.199. The molecule has 0 spiro atoms. The lowest BCUT2D eigenvalue weighted by Gasteiger charge is -2.04. The van der Waals surface area contributed by atoms with Crippen molar-refractivity contribution in [3.05, 3.63) is 37.4 Å². The molecule has 9 heteroatoms. The number of allylic oxidation sites excluding steroid dienone is 2. The molecule has 0 fully saturated rings. The summed E-state index contributed by atoms with van der Waals surface area (Å²) in [5.41, 5.74) is 0. The van der Waals surface area contributed by atoms with Crippen molar-refractivity contribution < 1.29 is 13.9 Å². The minimum atomic E-state index is -0.666. The summed E-state index contributed by atoms with van der Waals surface area (Å²) in [4.78, 5) is 16.9. The third-order valence-corrected chi connectivity index (χ3v) is 4.26. The predicted molar refractivity (Wildman–Crippen MR) is 82.8 cm³/mol. The monoisotopic (exact) mass is 349 g/mol. The molecule has 2 heterocycles. The number of aromatic nitrogens is 2. The SMILES string of the molecule is COC(=C/CN=c1sc(=O)n2n1CCOCC2)/C(Cl)=C\CF. The quantitative estimate of drug-likeness (QED) is 0.594. The van der Waals surface area contributed by atoms with E-state index in [9.17, 15) is 9.18 Å². The molecule has 0 amide bonds. The summed E-state index contributed by atoms with van der Waals surface area (Å²) in [5.74, 6) is 0.356. The first-order valence-electron chi connectivity index (χ1n) is 6.72. The molecule has 2 rings (SSSR count). The van der Waals surface area contributed by atoms with Crippen LogP contribution in [0.1, 0.15) is 0 Å². The molecule has 1 aliphatic rings. The molecule has 0 saturated carbocycles. The Hall–Kier alpha value is -1.38. The first-order chi connectivity index (χ1) is 10.7. The minimum absolute atomic E-state index is 0.0597. The molecule has 122 valence electrons. The smallest absolute Gasteiger partial charge is 0.325 e. The van der Waals surface area contributed by atoms with Crippen LogP contribution < -0.4 is 9.67 Å². The second kappa shape index (κ2) is 8.30. The van der Waals surface area contributed by atoms with Crippen LogP contribution in [0.3, 0.4) is 0 Å². The summed E-state index contributed by atoms with van der Waals surface area (Å²) in [6.07, 6.45) is 2.86. The molecule has 1 aliphatic heterocycles. The van der Waals surface area contributed by atoms with Gasteiger partial charge in [-0.15, -0.1) is 0 Å². The first-order valence-corrected chi connectivity index (χ1v) is 7.92. The molecular weight excluding hydrogens is 333 g/mol. The van der Waals surface area contributed by atoms with Crippen LogP contribution in [-0.4, -0.2) is 42.9 Å². The lowest BCUT2D eigenvalue weighted by Crippen LogP contribution is -2.27. The van der Waals surface area contributed by atoms with E-state index in [1.807, 2.05) is 4.68 Å². The molecule has 0 saturated heterocycles. The number of hydrogen-bond acceptors (Lipinski definition) is 5. The molecule has 1 aromatic rings. The van der Waals surface area contributed by atoms with Crippen LogP contribution >= 0.6 is 22.9 Å². The van der Waals surface area contributed by atoms with Gasteiger partial charge in [0.25, 0.3) is 0 Å². The third-order valence-electron chi connectivity index (χ3n) is 3.01. The number of hydrogen-bond donors (Lipinski definition) is 0. The maximum absolute atomic E-state index is 12.2. The number of halogens is 2. The molecule has 0 bridgehead atoms. The van der Waals surface area contributed by atoms with E-state index in [2.05, 4.69) is 4.99 Å². The Kier molecular flexibility index (Phi) is 6.41. The predicted octanol–water partition coefficient (Wildman–Crippen LogP) is 1.26. The Morgan fingerprint density at radius 2 is 2.18 bits per heavy atom. The van der Waals surface area contributed by atoms with Gasteiger partial charge in [-0.1, -0.05) is 11.6 Å². The van der Waals surface area contributed by atoms with Gasteiger partial charge >= 0.3 is 4.87 Å². The van der Waals surface area contributed by atoms with Gasteiger partial charge in [-0.2, -0.15) is 0 Å². The summed E-state index contributed by atoms with van der Waals surface area (Å²) >= 11 is 6.97. The third kappa shape index (κ3) is 4.08.